The van der Waals surface area contributed by atoms with Crippen LogP contribution in [0.4, 0.5) is 0 Å². The Hall–Kier alpha value is -1.28. The molecule has 2 N–H and O–H groups in total. The average Bonchev–Trinajstić information content (AvgIpc) is 2.84. The Labute approximate surface area is 154 Å². The third kappa shape index (κ3) is 5.10. The number of benzene rings is 1. The quantitative estimate of drug-likeness (QED) is 0.433. The third-order valence-corrected chi connectivity index (χ3v) is 3.82. The van der Waals surface area contributed by atoms with Crippen LogP contribution in [0.25, 0.3) is 11.0 Å². The molecule has 1 aromatic carbocycles. The van der Waals surface area contributed by atoms with Crippen molar-refractivity contribution >= 4 is 40.9 Å². The molecule has 0 fully saturated rings. The summed E-state index contributed by atoms with van der Waals surface area (Å²) in [6.45, 7) is 7.39. The van der Waals surface area contributed by atoms with E-state index >= 15 is 0 Å². The smallest absolute Gasteiger partial charge is 0.191 e. The molecule has 0 aliphatic carbocycles. The molecule has 0 saturated heterocycles. The highest BCUT2D eigenvalue weighted by Crippen LogP contribution is 2.24. The van der Waals surface area contributed by atoms with Gasteiger partial charge in [0.15, 0.2) is 5.96 Å². The highest BCUT2D eigenvalue weighted by Gasteiger charge is 2.17. The van der Waals surface area contributed by atoms with Crippen LogP contribution in [0.3, 0.4) is 0 Å². The van der Waals surface area contributed by atoms with E-state index in [1.807, 2.05) is 32.0 Å². The summed E-state index contributed by atoms with van der Waals surface area (Å²) in [5.74, 6) is 1.65. The van der Waals surface area contributed by atoms with Crippen LogP contribution in [0, 0.1) is 6.92 Å². The molecule has 0 radical (unpaired) electrons. The number of methoxy groups -OCH3 is 1. The predicted molar refractivity (Wildman–Crippen MR) is 106 cm³/mol. The van der Waals surface area contributed by atoms with Crippen molar-refractivity contribution in [3.8, 4) is 0 Å². The zero-order valence-electron chi connectivity index (χ0n) is 14.4. The van der Waals surface area contributed by atoms with Gasteiger partial charge in [0, 0.05) is 31.7 Å². The molecule has 6 heteroatoms. The number of aliphatic imine (C=N–C) groups is 1. The first-order valence-electron chi connectivity index (χ1n) is 7.43. The van der Waals surface area contributed by atoms with Gasteiger partial charge in [-0.25, -0.2) is 0 Å². The number of hydrogen-bond donors (Lipinski definition) is 2. The van der Waals surface area contributed by atoms with E-state index in [9.17, 15) is 0 Å². The minimum absolute atomic E-state index is 0. The standard InChI is InChI=1S/C17H25N3O2.HI/c1-12-13-8-6-7-9-14(13)22-15(12)10-19-16(18-4)20-11-17(2,3)21-5;/h6-9H,10-11H2,1-5H3,(H2,18,19,20);1H. The third-order valence-electron chi connectivity index (χ3n) is 3.82. The fourth-order valence-electron chi connectivity index (χ4n) is 2.15. The van der Waals surface area contributed by atoms with Crippen molar-refractivity contribution in [3.05, 3.63) is 35.6 Å². The van der Waals surface area contributed by atoms with Gasteiger partial charge < -0.3 is 19.8 Å². The van der Waals surface area contributed by atoms with Gasteiger partial charge in [0.25, 0.3) is 0 Å². The number of nitrogens with one attached hydrogen (secondary N) is 2. The Morgan fingerprint density at radius 2 is 1.96 bits per heavy atom. The number of guanidine groups is 1. The van der Waals surface area contributed by atoms with Crippen molar-refractivity contribution in [3.63, 3.8) is 0 Å². The summed E-state index contributed by atoms with van der Waals surface area (Å²) in [5.41, 5.74) is 1.84. The molecule has 0 aliphatic heterocycles. The first kappa shape index (κ1) is 19.8. The van der Waals surface area contributed by atoms with E-state index in [1.165, 1.54) is 0 Å². The van der Waals surface area contributed by atoms with Gasteiger partial charge in [0.2, 0.25) is 0 Å². The first-order chi connectivity index (χ1) is 10.5. The average molecular weight is 431 g/mol. The Morgan fingerprint density at radius 1 is 1.26 bits per heavy atom. The molecule has 128 valence electrons. The lowest BCUT2D eigenvalue weighted by molar-refractivity contribution is 0.0268. The van der Waals surface area contributed by atoms with Gasteiger partial charge in [-0.15, -0.1) is 24.0 Å². The molecule has 0 saturated carbocycles. The van der Waals surface area contributed by atoms with Crippen molar-refractivity contribution in [2.75, 3.05) is 20.7 Å². The lowest BCUT2D eigenvalue weighted by Crippen LogP contribution is -2.45. The Bertz CT molecular complexity index is 665. The molecule has 2 rings (SSSR count). The van der Waals surface area contributed by atoms with Crippen molar-refractivity contribution in [1.82, 2.24) is 10.6 Å². The highest BCUT2D eigenvalue weighted by atomic mass is 127. The summed E-state index contributed by atoms with van der Waals surface area (Å²) in [6.07, 6.45) is 0. The van der Waals surface area contributed by atoms with Crippen molar-refractivity contribution < 1.29 is 9.15 Å². The fraction of sp³-hybridized carbons (Fsp3) is 0.471. The van der Waals surface area contributed by atoms with Crippen LogP contribution in [0.1, 0.15) is 25.2 Å². The first-order valence-corrected chi connectivity index (χ1v) is 7.43. The van der Waals surface area contributed by atoms with Crippen LogP contribution in [0.2, 0.25) is 0 Å². The van der Waals surface area contributed by atoms with E-state index in [1.54, 1.807) is 14.2 Å². The van der Waals surface area contributed by atoms with Crippen LogP contribution in [-0.2, 0) is 11.3 Å². The predicted octanol–water partition coefficient (Wildman–Crippen LogP) is 3.45. The van der Waals surface area contributed by atoms with E-state index in [0.717, 1.165) is 28.3 Å². The molecular weight excluding hydrogens is 405 g/mol. The Balaban J connectivity index is 0.00000264. The number of furan rings is 1. The maximum atomic E-state index is 5.89. The molecule has 2 aromatic rings. The molecule has 0 amide bonds. The lowest BCUT2D eigenvalue weighted by atomic mass is 10.1. The van der Waals surface area contributed by atoms with E-state index in [2.05, 4.69) is 28.6 Å². The maximum absolute atomic E-state index is 5.89. The number of fused-ring (bicyclic) bond motifs is 1. The number of halogens is 1. The molecule has 0 aliphatic rings. The highest BCUT2D eigenvalue weighted by molar-refractivity contribution is 14.0. The number of ether oxygens (including phenoxy) is 1. The van der Waals surface area contributed by atoms with Crippen LogP contribution >= 0.6 is 24.0 Å². The number of nitrogens with zero attached hydrogens (tertiary/aromatic N) is 1. The molecule has 1 heterocycles. The van der Waals surface area contributed by atoms with Crippen LogP contribution in [0.5, 0.6) is 0 Å². The summed E-state index contributed by atoms with van der Waals surface area (Å²) in [5, 5.41) is 7.69. The molecule has 0 bridgehead atoms. The van der Waals surface area contributed by atoms with Gasteiger partial charge in [-0.1, -0.05) is 18.2 Å². The normalized spacial score (nSPS) is 12.1. The summed E-state index contributed by atoms with van der Waals surface area (Å²) < 4.78 is 11.3. The monoisotopic (exact) mass is 431 g/mol. The van der Waals surface area contributed by atoms with Crippen LogP contribution in [-0.4, -0.2) is 32.3 Å². The van der Waals surface area contributed by atoms with E-state index < -0.39 is 0 Å². The molecular formula is C17H26IN3O2. The SMILES string of the molecule is CN=C(NCc1oc2ccccc2c1C)NCC(C)(C)OC.I. The van der Waals surface area contributed by atoms with Gasteiger partial charge in [-0.2, -0.15) is 0 Å². The molecule has 0 spiro atoms. The topological polar surface area (TPSA) is 58.8 Å². The largest absolute Gasteiger partial charge is 0.459 e. The number of rotatable bonds is 5. The summed E-state index contributed by atoms with van der Waals surface area (Å²) in [4.78, 5) is 4.22. The minimum atomic E-state index is -0.243. The zero-order valence-corrected chi connectivity index (χ0v) is 16.7. The van der Waals surface area contributed by atoms with Gasteiger partial charge >= 0.3 is 0 Å². The Morgan fingerprint density at radius 3 is 2.57 bits per heavy atom. The molecule has 1 aromatic heterocycles. The van der Waals surface area contributed by atoms with Crippen LogP contribution < -0.4 is 10.6 Å². The minimum Gasteiger partial charge on any atom is -0.459 e. The zero-order chi connectivity index (χ0) is 16.2. The van der Waals surface area contributed by atoms with Crippen molar-refractivity contribution in [1.29, 1.82) is 0 Å². The van der Waals surface area contributed by atoms with Gasteiger partial charge in [0.1, 0.15) is 11.3 Å². The van der Waals surface area contributed by atoms with Crippen LogP contribution in [0.15, 0.2) is 33.7 Å². The number of hydrogen-bond acceptors (Lipinski definition) is 3. The summed E-state index contributed by atoms with van der Waals surface area (Å²) in [7, 11) is 3.45. The number of para-hydroxylation sites is 1. The molecule has 5 nitrogen and oxygen atoms in total. The van der Waals surface area contributed by atoms with E-state index in [4.69, 9.17) is 9.15 Å². The second kappa shape index (κ2) is 8.54. The van der Waals surface area contributed by atoms with E-state index in [-0.39, 0.29) is 29.6 Å². The lowest BCUT2D eigenvalue weighted by Gasteiger charge is -2.24. The van der Waals surface area contributed by atoms with E-state index in [0.29, 0.717) is 13.1 Å². The summed E-state index contributed by atoms with van der Waals surface area (Å²) >= 11 is 0. The van der Waals surface area contributed by atoms with Crippen molar-refractivity contribution in [2.24, 2.45) is 4.99 Å². The Kier molecular flexibility index (Phi) is 7.34. The number of aryl methyl sites for hydroxylation is 1. The molecule has 0 atom stereocenters. The molecule has 0 unspecified atom stereocenters. The second-order valence-corrected chi connectivity index (χ2v) is 5.89. The van der Waals surface area contributed by atoms with Gasteiger partial charge in [0.05, 0.1) is 12.1 Å². The fourth-order valence-corrected chi connectivity index (χ4v) is 2.15. The van der Waals surface area contributed by atoms with Crippen molar-refractivity contribution in [2.45, 2.75) is 32.9 Å². The molecule has 23 heavy (non-hydrogen) atoms. The maximum Gasteiger partial charge on any atom is 0.191 e. The van der Waals surface area contributed by atoms with Gasteiger partial charge in [-0.05, 0) is 26.8 Å². The summed E-state index contributed by atoms with van der Waals surface area (Å²) in [6, 6.07) is 8.07. The van der Waals surface area contributed by atoms with Gasteiger partial charge in [-0.3, -0.25) is 4.99 Å². The second-order valence-electron chi connectivity index (χ2n) is 5.89.